The summed E-state index contributed by atoms with van der Waals surface area (Å²) in [5, 5.41) is 3.50. The number of halogens is 2. The molecule has 136 valence electrons. The zero-order valence-corrected chi connectivity index (χ0v) is 16.3. The molecule has 3 nitrogen and oxygen atoms in total. The highest BCUT2D eigenvalue weighted by molar-refractivity contribution is 6.40. The number of carbonyl (C=O) groups excluding carboxylic acids is 1. The van der Waals surface area contributed by atoms with Crippen molar-refractivity contribution in [1.82, 2.24) is 0 Å². The molecule has 3 unspecified atom stereocenters. The van der Waals surface area contributed by atoms with E-state index in [1.807, 2.05) is 24.3 Å². The molecule has 2 radical (unpaired) electrons. The molecule has 0 spiro atoms. The topological polar surface area (TPSA) is 38.3 Å². The van der Waals surface area contributed by atoms with Gasteiger partial charge in [0.2, 0.25) is 0 Å². The van der Waals surface area contributed by atoms with Crippen LogP contribution in [0, 0.1) is 18.3 Å². The van der Waals surface area contributed by atoms with Crippen molar-refractivity contribution in [2.75, 3.05) is 11.9 Å². The first-order chi connectivity index (χ1) is 12.4. The Morgan fingerprint density at radius 1 is 1.15 bits per heavy atom. The molecular formula is C21H21Cl2NO2. The van der Waals surface area contributed by atoms with Crippen molar-refractivity contribution in [3.63, 3.8) is 0 Å². The van der Waals surface area contributed by atoms with Crippen molar-refractivity contribution < 1.29 is 9.53 Å². The molecule has 1 aliphatic rings. The second kappa shape index (κ2) is 8.43. The molecule has 1 N–H and O–H groups in total. The summed E-state index contributed by atoms with van der Waals surface area (Å²) >= 11 is 12.2. The molecule has 1 heterocycles. The Morgan fingerprint density at radius 3 is 2.42 bits per heavy atom. The van der Waals surface area contributed by atoms with Crippen LogP contribution < -0.4 is 5.32 Å². The van der Waals surface area contributed by atoms with Gasteiger partial charge in [-0.15, -0.1) is 0 Å². The molecule has 1 aliphatic heterocycles. The summed E-state index contributed by atoms with van der Waals surface area (Å²) in [5.74, 6) is 0.315. The smallest absolute Gasteiger partial charge is 0.258 e. The number of benzene rings is 2. The average molecular weight is 390 g/mol. The Bertz CT molecular complexity index is 756. The first-order valence-electron chi connectivity index (χ1n) is 8.66. The van der Waals surface area contributed by atoms with Crippen LogP contribution in [0.5, 0.6) is 0 Å². The van der Waals surface area contributed by atoms with Crippen LogP contribution in [0.4, 0.5) is 5.69 Å². The first-order valence-corrected chi connectivity index (χ1v) is 9.41. The minimum Gasteiger partial charge on any atom is -0.378 e. The highest BCUT2D eigenvalue weighted by Crippen LogP contribution is 2.27. The summed E-state index contributed by atoms with van der Waals surface area (Å²) < 4.78 is 5.78. The maximum atomic E-state index is 12.4. The van der Waals surface area contributed by atoms with E-state index in [1.54, 1.807) is 18.2 Å². The molecule has 0 bridgehead atoms. The van der Waals surface area contributed by atoms with Crippen molar-refractivity contribution in [3.05, 3.63) is 70.1 Å². The highest BCUT2D eigenvalue weighted by atomic mass is 35.5. The number of hydrogen-bond donors (Lipinski definition) is 1. The van der Waals surface area contributed by atoms with Crippen LogP contribution in [0.15, 0.2) is 42.5 Å². The van der Waals surface area contributed by atoms with E-state index in [0.29, 0.717) is 34.2 Å². The van der Waals surface area contributed by atoms with Crippen molar-refractivity contribution in [1.29, 1.82) is 0 Å². The van der Waals surface area contributed by atoms with Crippen molar-refractivity contribution in [2.45, 2.75) is 26.4 Å². The monoisotopic (exact) mass is 389 g/mol. The molecule has 3 atom stereocenters. The van der Waals surface area contributed by atoms with Gasteiger partial charge in [-0.05, 0) is 61.4 Å². The molecule has 5 heteroatoms. The zero-order chi connectivity index (χ0) is 18.7. The maximum Gasteiger partial charge on any atom is 0.258 e. The van der Waals surface area contributed by atoms with E-state index in [-0.39, 0.29) is 17.6 Å². The first kappa shape index (κ1) is 19.2. The van der Waals surface area contributed by atoms with E-state index in [4.69, 9.17) is 27.9 Å². The van der Waals surface area contributed by atoms with E-state index < -0.39 is 0 Å². The number of carbonyl (C=O) groups is 1. The van der Waals surface area contributed by atoms with Crippen molar-refractivity contribution >= 4 is 34.8 Å². The van der Waals surface area contributed by atoms with Gasteiger partial charge >= 0.3 is 0 Å². The molecule has 0 aromatic heterocycles. The number of amides is 1. The van der Waals surface area contributed by atoms with Crippen LogP contribution in [0.3, 0.4) is 0 Å². The standard InChI is InChI=1S/C21H21Cl2NO2/c1-13-10-16(12-26-14(13)2)11-15-6-8-17(9-7-15)24-21(25)20-18(22)4-3-5-19(20)23/h3-9,13-14,16H,11-12H2,1-2H3,(H,24,25). The third-order valence-electron chi connectivity index (χ3n) is 4.65. The Morgan fingerprint density at radius 2 is 1.81 bits per heavy atom. The lowest BCUT2D eigenvalue weighted by Crippen LogP contribution is -2.32. The highest BCUT2D eigenvalue weighted by Gasteiger charge is 2.26. The lowest BCUT2D eigenvalue weighted by molar-refractivity contribution is -0.0112. The number of anilines is 1. The second-order valence-electron chi connectivity index (χ2n) is 6.64. The Labute approximate surface area is 164 Å². The quantitative estimate of drug-likeness (QED) is 0.744. The third-order valence-corrected chi connectivity index (χ3v) is 5.28. The molecule has 1 amide bonds. The summed E-state index contributed by atoms with van der Waals surface area (Å²) in [6.45, 7) is 4.92. The number of rotatable bonds is 4. The van der Waals surface area contributed by atoms with Crippen LogP contribution in [0.2, 0.25) is 10.0 Å². The van der Waals surface area contributed by atoms with Gasteiger partial charge in [-0.2, -0.15) is 0 Å². The van der Waals surface area contributed by atoms with Gasteiger partial charge in [0.25, 0.3) is 5.91 Å². The molecule has 1 fully saturated rings. The lowest BCUT2D eigenvalue weighted by Gasteiger charge is -2.31. The van der Waals surface area contributed by atoms with E-state index in [0.717, 1.165) is 6.42 Å². The van der Waals surface area contributed by atoms with E-state index in [2.05, 4.69) is 25.6 Å². The largest absolute Gasteiger partial charge is 0.378 e. The number of nitrogens with one attached hydrogen (secondary N) is 1. The van der Waals surface area contributed by atoms with Gasteiger partial charge in [-0.25, -0.2) is 0 Å². The van der Waals surface area contributed by atoms with Crippen LogP contribution in [0.1, 0.15) is 29.8 Å². The summed E-state index contributed by atoms with van der Waals surface area (Å²) in [6.07, 6.45) is 4.68. The lowest BCUT2D eigenvalue weighted by atomic mass is 9.86. The Hall–Kier alpha value is -1.55. The predicted molar refractivity (Wildman–Crippen MR) is 106 cm³/mol. The molecule has 2 aromatic rings. The fourth-order valence-corrected chi connectivity index (χ4v) is 3.57. The molecule has 1 saturated heterocycles. The molecule has 3 rings (SSSR count). The molecule has 0 aliphatic carbocycles. The van der Waals surface area contributed by atoms with Gasteiger partial charge in [0, 0.05) is 5.69 Å². The minimum absolute atomic E-state index is 0.237. The van der Waals surface area contributed by atoms with E-state index in [1.165, 1.54) is 5.56 Å². The number of hydrogen-bond acceptors (Lipinski definition) is 2. The Balaban J connectivity index is 1.62. The van der Waals surface area contributed by atoms with Gasteiger partial charge in [0.05, 0.1) is 28.3 Å². The van der Waals surface area contributed by atoms with E-state index in [9.17, 15) is 4.79 Å². The zero-order valence-electron chi connectivity index (χ0n) is 14.8. The molecular weight excluding hydrogens is 369 g/mol. The van der Waals surface area contributed by atoms with Gasteiger partial charge in [0.15, 0.2) is 0 Å². The average Bonchev–Trinajstić information content (AvgIpc) is 2.60. The fraction of sp³-hybridized carbons (Fsp3) is 0.333. The summed E-state index contributed by atoms with van der Waals surface area (Å²) in [7, 11) is 0. The van der Waals surface area contributed by atoms with Gasteiger partial charge in [-0.3, -0.25) is 4.79 Å². The molecule has 0 saturated carbocycles. The van der Waals surface area contributed by atoms with Crippen LogP contribution >= 0.6 is 23.2 Å². The molecule has 2 aromatic carbocycles. The second-order valence-corrected chi connectivity index (χ2v) is 7.46. The SMILES string of the molecule is CC1[C]C(Cc2ccc(NC(=O)c3c(Cl)cccc3Cl)cc2)COC1C. The normalized spacial score (nSPS) is 22.8. The molecule has 26 heavy (non-hydrogen) atoms. The van der Waals surface area contributed by atoms with Crippen LogP contribution in [-0.2, 0) is 11.2 Å². The Kier molecular flexibility index (Phi) is 6.23. The predicted octanol–water partition coefficient (Wildman–Crippen LogP) is 5.54. The maximum absolute atomic E-state index is 12.4. The van der Waals surface area contributed by atoms with Gasteiger partial charge in [0.1, 0.15) is 0 Å². The van der Waals surface area contributed by atoms with Crippen LogP contribution in [0.25, 0.3) is 0 Å². The summed E-state index contributed by atoms with van der Waals surface area (Å²) in [4.78, 5) is 12.4. The van der Waals surface area contributed by atoms with Crippen LogP contribution in [-0.4, -0.2) is 18.6 Å². The summed E-state index contributed by atoms with van der Waals surface area (Å²) in [5.41, 5.74) is 2.16. The van der Waals surface area contributed by atoms with Crippen molar-refractivity contribution in [2.24, 2.45) is 11.8 Å². The van der Waals surface area contributed by atoms with Gasteiger partial charge < -0.3 is 10.1 Å². The van der Waals surface area contributed by atoms with Crippen molar-refractivity contribution in [3.8, 4) is 0 Å². The van der Waals surface area contributed by atoms with Gasteiger partial charge in [-0.1, -0.05) is 48.3 Å². The fourth-order valence-electron chi connectivity index (χ4n) is 3.00. The summed E-state index contributed by atoms with van der Waals surface area (Å²) in [6, 6.07) is 12.8. The van der Waals surface area contributed by atoms with E-state index >= 15 is 0 Å². The number of ether oxygens (including phenoxy) is 1. The minimum atomic E-state index is -0.321. The third kappa shape index (κ3) is 4.59.